The lowest BCUT2D eigenvalue weighted by Crippen LogP contribution is -2.40. The zero-order valence-electron chi connectivity index (χ0n) is 11.9. The molecule has 1 aliphatic rings. The van der Waals surface area contributed by atoms with Crippen LogP contribution in [0, 0.1) is 11.6 Å². The van der Waals surface area contributed by atoms with E-state index >= 15 is 0 Å². The van der Waals surface area contributed by atoms with E-state index in [9.17, 15) is 13.6 Å². The highest BCUT2D eigenvalue weighted by Crippen LogP contribution is 2.19. The molecule has 1 aromatic rings. The predicted molar refractivity (Wildman–Crippen MR) is 73.8 cm³/mol. The Kier molecular flexibility index (Phi) is 4.83. The van der Waals surface area contributed by atoms with Gasteiger partial charge in [0.1, 0.15) is 11.6 Å². The maximum absolute atomic E-state index is 13.6. The number of rotatable bonds is 5. The molecule has 0 amide bonds. The summed E-state index contributed by atoms with van der Waals surface area (Å²) in [6, 6.07) is 3.44. The van der Waals surface area contributed by atoms with E-state index in [4.69, 9.17) is 0 Å². The van der Waals surface area contributed by atoms with Gasteiger partial charge in [0.25, 0.3) is 0 Å². The molecular weight excluding hydrogens is 262 g/mol. The van der Waals surface area contributed by atoms with Gasteiger partial charge in [0, 0.05) is 18.7 Å². The average molecular weight is 282 g/mol. The molecule has 0 bridgehead atoms. The third-order valence-corrected chi connectivity index (χ3v) is 3.65. The van der Waals surface area contributed by atoms with E-state index in [0.29, 0.717) is 6.04 Å². The van der Waals surface area contributed by atoms with Gasteiger partial charge in [-0.2, -0.15) is 0 Å². The Morgan fingerprint density at radius 3 is 2.80 bits per heavy atom. The third kappa shape index (κ3) is 3.61. The second-order valence-corrected chi connectivity index (χ2v) is 5.58. The van der Waals surface area contributed by atoms with Gasteiger partial charge >= 0.3 is 0 Å². The van der Waals surface area contributed by atoms with Gasteiger partial charge in [0.2, 0.25) is 0 Å². The first kappa shape index (κ1) is 15.1. The van der Waals surface area contributed by atoms with Crippen LogP contribution in [0.5, 0.6) is 0 Å². The molecule has 0 aromatic heterocycles. The van der Waals surface area contributed by atoms with Crippen LogP contribution in [0.1, 0.15) is 23.2 Å². The fraction of sp³-hybridized carbons (Fsp3) is 0.533. The SMILES string of the molecule is CN(C)CC1CCCN1CC(=O)c1ccc(F)cc1F. The van der Waals surface area contributed by atoms with Crippen LogP contribution in [-0.4, -0.2) is 55.4 Å². The van der Waals surface area contributed by atoms with E-state index in [1.807, 2.05) is 14.1 Å². The number of likely N-dealkylation sites (N-methyl/N-ethyl adjacent to an activating group) is 1. The van der Waals surface area contributed by atoms with E-state index in [-0.39, 0.29) is 17.9 Å². The smallest absolute Gasteiger partial charge is 0.179 e. The van der Waals surface area contributed by atoms with Gasteiger partial charge in [-0.25, -0.2) is 8.78 Å². The van der Waals surface area contributed by atoms with Crippen molar-refractivity contribution in [2.24, 2.45) is 0 Å². The normalized spacial score (nSPS) is 19.8. The van der Waals surface area contributed by atoms with Gasteiger partial charge in [0.15, 0.2) is 5.78 Å². The minimum Gasteiger partial charge on any atom is -0.308 e. The first-order valence-electron chi connectivity index (χ1n) is 6.84. The van der Waals surface area contributed by atoms with Crippen LogP contribution in [0.15, 0.2) is 18.2 Å². The molecule has 1 aliphatic heterocycles. The van der Waals surface area contributed by atoms with Gasteiger partial charge in [0.05, 0.1) is 12.1 Å². The van der Waals surface area contributed by atoms with Gasteiger partial charge in [-0.3, -0.25) is 9.69 Å². The zero-order chi connectivity index (χ0) is 14.7. The molecule has 0 saturated carbocycles. The zero-order valence-corrected chi connectivity index (χ0v) is 11.9. The molecule has 1 aromatic carbocycles. The molecule has 2 rings (SSSR count). The van der Waals surface area contributed by atoms with Gasteiger partial charge in [-0.1, -0.05) is 0 Å². The molecule has 5 heteroatoms. The standard InChI is InChI=1S/C15H20F2N2O/c1-18(2)9-12-4-3-7-19(12)10-15(20)13-6-5-11(16)8-14(13)17/h5-6,8,12H,3-4,7,9-10H2,1-2H3. The fourth-order valence-electron chi connectivity index (χ4n) is 2.72. The van der Waals surface area contributed by atoms with E-state index < -0.39 is 11.6 Å². The minimum absolute atomic E-state index is 0.0260. The number of halogens is 2. The number of carbonyl (C=O) groups is 1. The summed E-state index contributed by atoms with van der Waals surface area (Å²) < 4.78 is 26.4. The van der Waals surface area contributed by atoms with Crippen molar-refractivity contribution in [2.45, 2.75) is 18.9 Å². The second-order valence-electron chi connectivity index (χ2n) is 5.58. The number of Topliss-reactive ketones (excluding diaryl/α,β-unsaturated/α-hetero) is 1. The number of nitrogens with zero attached hydrogens (tertiary/aromatic N) is 2. The Hall–Kier alpha value is -1.33. The minimum atomic E-state index is -0.779. The molecule has 0 spiro atoms. The molecule has 1 heterocycles. The Bertz CT molecular complexity index is 491. The van der Waals surface area contributed by atoms with Crippen molar-refractivity contribution in [3.63, 3.8) is 0 Å². The highest BCUT2D eigenvalue weighted by Gasteiger charge is 2.27. The highest BCUT2D eigenvalue weighted by molar-refractivity contribution is 5.97. The highest BCUT2D eigenvalue weighted by atomic mass is 19.1. The molecule has 0 N–H and O–H groups in total. The Balaban J connectivity index is 2.03. The quantitative estimate of drug-likeness (QED) is 0.773. The number of benzene rings is 1. The summed E-state index contributed by atoms with van der Waals surface area (Å²) >= 11 is 0. The van der Waals surface area contributed by atoms with Crippen molar-refractivity contribution in [1.29, 1.82) is 0 Å². The van der Waals surface area contributed by atoms with Crippen molar-refractivity contribution >= 4 is 5.78 Å². The monoisotopic (exact) mass is 282 g/mol. The van der Waals surface area contributed by atoms with Crippen molar-refractivity contribution in [3.8, 4) is 0 Å². The molecule has 20 heavy (non-hydrogen) atoms. The Morgan fingerprint density at radius 1 is 1.40 bits per heavy atom. The molecule has 0 aliphatic carbocycles. The van der Waals surface area contributed by atoms with Crippen molar-refractivity contribution in [3.05, 3.63) is 35.4 Å². The summed E-state index contributed by atoms with van der Waals surface area (Å²) in [5.74, 6) is -1.72. The maximum Gasteiger partial charge on any atom is 0.179 e. The summed E-state index contributed by atoms with van der Waals surface area (Å²) in [6.45, 7) is 1.94. The number of hydrogen-bond acceptors (Lipinski definition) is 3. The molecule has 3 nitrogen and oxygen atoms in total. The fourth-order valence-corrected chi connectivity index (χ4v) is 2.72. The first-order chi connectivity index (χ1) is 9.47. The first-order valence-corrected chi connectivity index (χ1v) is 6.84. The second kappa shape index (κ2) is 6.41. The largest absolute Gasteiger partial charge is 0.308 e. The van der Waals surface area contributed by atoms with Crippen molar-refractivity contribution in [2.75, 3.05) is 33.7 Å². The van der Waals surface area contributed by atoms with Crippen LogP contribution in [0.2, 0.25) is 0 Å². The molecule has 0 radical (unpaired) electrons. The maximum atomic E-state index is 13.6. The van der Waals surface area contributed by atoms with Crippen molar-refractivity contribution in [1.82, 2.24) is 9.80 Å². The van der Waals surface area contributed by atoms with Crippen LogP contribution in [-0.2, 0) is 0 Å². The number of ketones is 1. The number of carbonyl (C=O) groups excluding carboxylic acids is 1. The molecule has 1 saturated heterocycles. The number of hydrogen-bond donors (Lipinski definition) is 0. The molecule has 1 atom stereocenters. The van der Waals surface area contributed by atoms with Crippen LogP contribution in [0.3, 0.4) is 0 Å². The van der Waals surface area contributed by atoms with E-state index in [0.717, 1.165) is 38.1 Å². The number of likely N-dealkylation sites (tertiary alicyclic amines) is 1. The Labute approximate surface area is 118 Å². The van der Waals surface area contributed by atoms with Crippen LogP contribution in [0.25, 0.3) is 0 Å². The summed E-state index contributed by atoms with van der Waals surface area (Å²) in [5, 5.41) is 0. The Morgan fingerprint density at radius 2 is 2.15 bits per heavy atom. The summed E-state index contributed by atoms with van der Waals surface area (Å²) in [7, 11) is 4.00. The van der Waals surface area contributed by atoms with E-state index in [2.05, 4.69) is 9.80 Å². The lowest BCUT2D eigenvalue weighted by molar-refractivity contribution is 0.0906. The van der Waals surface area contributed by atoms with Crippen LogP contribution < -0.4 is 0 Å². The summed E-state index contributed by atoms with van der Waals surface area (Å²) in [6.07, 6.45) is 2.11. The average Bonchev–Trinajstić information content (AvgIpc) is 2.75. The van der Waals surface area contributed by atoms with Gasteiger partial charge < -0.3 is 4.90 Å². The van der Waals surface area contributed by atoms with Gasteiger partial charge in [-0.15, -0.1) is 0 Å². The third-order valence-electron chi connectivity index (χ3n) is 3.65. The van der Waals surface area contributed by atoms with Crippen molar-refractivity contribution < 1.29 is 13.6 Å². The van der Waals surface area contributed by atoms with Crippen LogP contribution >= 0.6 is 0 Å². The topological polar surface area (TPSA) is 23.6 Å². The van der Waals surface area contributed by atoms with Gasteiger partial charge in [-0.05, 0) is 45.6 Å². The summed E-state index contributed by atoms with van der Waals surface area (Å²) in [4.78, 5) is 16.3. The van der Waals surface area contributed by atoms with E-state index in [1.165, 1.54) is 6.07 Å². The molecule has 110 valence electrons. The molecule has 1 unspecified atom stereocenters. The molecular formula is C15H20F2N2O. The molecule has 1 fully saturated rings. The van der Waals surface area contributed by atoms with E-state index in [1.54, 1.807) is 0 Å². The predicted octanol–water partition coefficient (Wildman–Crippen LogP) is 2.17. The van der Waals surface area contributed by atoms with Crippen LogP contribution in [0.4, 0.5) is 8.78 Å². The lowest BCUT2D eigenvalue weighted by atomic mass is 10.1. The summed E-state index contributed by atoms with van der Waals surface area (Å²) in [5.41, 5.74) is -0.0260. The lowest BCUT2D eigenvalue weighted by Gasteiger charge is -2.26.